The summed E-state index contributed by atoms with van der Waals surface area (Å²) in [5, 5.41) is 3.52. The van der Waals surface area contributed by atoms with Gasteiger partial charge in [0.25, 0.3) is 0 Å². The van der Waals surface area contributed by atoms with Gasteiger partial charge in [-0.15, -0.1) is 0 Å². The van der Waals surface area contributed by atoms with Crippen molar-refractivity contribution in [2.75, 3.05) is 33.3 Å². The van der Waals surface area contributed by atoms with Crippen molar-refractivity contribution in [2.24, 2.45) is 0 Å². The Morgan fingerprint density at radius 2 is 1.74 bits per heavy atom. The van der Waals surface area contributed by atoms with Crippen LogP contribution in [0.5, 0.6) is 17.2 Å². The smallest absolute Gasteiger partial charge is 0.350 e. The minimum atomic E-state index is -0.348. The number of hydrogen-bond donors (Lipinski definition) is 1. The van der Waals surface area contributed by atoms with E-state index in [4.69, 9.17) is 23.9 Å². The number of methoxy groups -OCH3 is 3. The van der Waals surface area contributed by atoms with Crippen LogP contribution in [-0.4, -0.2) is 43.3 Å². The maximum absolute atomic E-state index is 12.5. The Morgan fingerprint density at radius 3 is 2.32 bits per heavy atom. The van der Waals surface area contributed by atoms with Crippen LogP contribution < -0.4 is 19.5 Å². The van der Waals surface area contributed by atoms with Crippen molar-refractivity contribution in [3.8, 4) is 28.5 Å². The molecule has 0 fully saturated rings. The number of carbonyl (C=O) groups is 1. The summed E-state index contributed by atoms with van der Waals surface area (Å²) < 4.78 is 23.8. The van der Waals surface area contributed by atoms with Crippen LogP contribution in [0.1, 0.15) is 27.9 Å². The third-order valence-corrected chi connectivity index (χ3v) is 6.53. The number of nitrogens with zero attached hydrogens (tertiary/aromatic N) is 2. The molecule has 4 rings (SSSR count). The van der Waals surface area contributed by atoms with Crippen molar-refractivity contribution in [1.82, 2.24) is 9.38 Å². The van der Waals surface area contributed by atoms with Gasteiger partial charge in [-0.2, -0.15) is 0 Å². The van der Waals surface area contributed by atoms with E-state index >= 15 is 0 Å². The summed E-state index contributed by atoms with van der Waals surface area (Å²) in [6, 6.07) is 13.8. The number of fused-ring (bicyclic) bond motifs is 1. The molecule has 0 saturated heterocycles. The Kier molecular flexibility index (Phi) is 6.93. The maximum Gasteiger partial charge on any atom is 0.350 e. The number of aryl methyl sites for hydroxylation is 1. The van der Waals surface area contributed by atoms with Gasteiger partial charge in [-0.05, 0) is 31.5 Å². The maximum atomic E-state index is 12.5. The lowest BCUT2D eigenvalue weighted by atomic mass is 10.1. The highest BCUT2D eigenvalue weighted by Crippen LogP contribution is 2.43. The summed E-state index contributed by atoms with van der Waals surface area (Å²) in [7, 11) is 4.73. The number of carbonyl (C=O) groups excluding carboxylic acids is 1. The van der Waals surface area contributed by atoms with Gasteiger partial charge in [0.1, 0.15) is 16.4 Å². The van der Waals surface area contributed by atoms with Crippen molar-refractivity contribution in [3.63, 3.8) is 0 Å². The van der Waals surface area contributed by atoms with E-state index in [9.17, 15) is 4.79 Å². The molecule has 0 unspecified atom stereocenters. The van der Waals surface area contributed by atoms with E-state index in [-0.39, 0.29) is 5.97 Å². The number of ether oxygens (including phenoxy) is 4. The van der Waals surface area contributed by atoms with Crippen LogP contribution in [0.2, 0.25) is 0 Å². The fourth-order valence-electron chi connectivity index (χ4n) is 3.80. The molecule has 1 N–H and O–H groups in total. The number of thiazole rings is 1. The molecule has 9 heteroatoms. The van der Waals surface area contributed by atoms with Gasteiger partial charge in [0.05, 0.1) is 27.9 Å². The van der Waals surface area contributed by atoms with E-state index in [1.54, 1.807) is 28.3 Å². The first-order valence-corrected chi connectivity index (χ1v) is 11.6. The minimum Gasteiger partial charge on any atom is -0.493 e. The Bertz CT molecular complexity index is 1290. The van der Waals surface area contributed by atoms with E-state index in [2.05, 4.69) is 17.4 Å². The van der Waals surface area contributed by atoms with Gasteiger partial charge in [0.2, 0.25) is 5.75 Å². The number of nitrogens with one attached hydrogen (secondary N) is 1. The summed E-state index contributed by atoms with van der Waals surface area (Å²) in [4.78, 5) is 18.6. The highest BCUT2D eigenvalue weighted by atomic mass is 32.1. The first-order chi connectivity index (χ1) is 16.5. The third-order valence-electron chi connectivity index (χ3n) is 5.41. The van der Waals surface area contributed by atoms with Gasteiger partial charge >= 0.3 is 5.97 Å². The zero-order chi connectivity index (χ0) is 24.2. The van der Waals surface area contributed by atoms with Crippen LogP contribution in [0, 0.1) is 6.92 Å². The van der Waals surface area contributed by atoms with E-state index in [0.29, 0.717) is 45.9 Å². The molecule has 178 valence electrons. The minimum absolute atomic E-state index is 0.314. The molecule has 0 aliphatic carbocycles. The SMILES string of the molecule is CCOC(=O)c1sc2nc(-c3cc(OC)c(OC)c(OC)c3)c(NCc3ccccc3)n2c1C. The highest BCUT2D eigenvalue weighted by Gasteiger charge is 2.25. The largest absolute Gasteiger partial charge is 0.493 e. The Hall–Kier alpha value is -3.72. The molecular weight excluding hydrogens is 454 g/mol. The topological polar surface area (TPSA) is 83.3 Å². The Balaban J connectivity index is 1.88. The number of imidazole rings is 1. The van der Waals surface area contributed by atoms with Gasteiger partial charge in [0, 0.05) is 17.8 Å². The van der Waals surface area contributed by atoms with E-state index in [0.717, 1.165) is 22.6 Å². The standard InChI is InChI=1S/C25H27N3O5S/c1-6-33-24(29)22-15(2)28-23(26-14-16-10-8-7-9-11-16)20(27-25(28)34-22)17-12-18(30-3)21(32-5)19(13-17)31-4/h7-13,26H,6,14H2,1-5H3. The average molecular weight is 482 g/mol. The monoisotopic (exact) mass is 481 g/mol. The highest BCUT2D eigenvalue weighted by molar-refractivity contribution is 7.19. The predicted octanol–water partition coefficient (Wildman–Crippen LogP) is 5.19. The fourth-order valence-corrected chi connectivity index (χ4v) is 4.82. The molecule has 0 aliphatic heterocycles. The molecule has 0 saturated carbocycles. The lowest BCUT2D eigenvalue weighted by Gasteiger charge is -2.15. The molecule has 8 nitrogen and oxygen atoms in total. The molecular formula is C25H27N3O5S. The average Bonchev–Trinajstić information content (AvgIpc) is 3.39. The summed E-state index contributed by atoms with van der Waals surface area (Å²) in [5.41, 5.74) is 3.38. The predicted molar refractivity (Wildman–Crippen MR) is 133 cm³/mol. The Morgan fingerprint density at radius 1 is 1.06 bits per heavy atom. The van der Waals surface area contributed by atoms with Crippen molar-refractivity contribution in [3.05, 3.63) is 58.6 Å². The van der Waals surface area contributed by atoms with E-state index < -0.39 is 0 Å². The first-order valence-electron chi connectivity index (χ1n) is 10.8. The van der Waals surface area contributed by atoms with Crippen molar-refractivity contribution in [1.29, 1.82) is 0 Å². The molecule has 0 bridgehead atoms. The van der Waals surface area contributed by atoms with Crippen molar-refractivity contribution < 1.29 is 23.7 Å². The summed E-state index contributed by atoms with van der Waals surface area (Å²) in [6.45, 7) is 4.58. The molecule has 2 aromatic carbocycles. The van der Waals surface area contributed by atoms with E-state index in [1.807, 2.05) is 41.7 Å². The number of aromatic nitrogens is 2. The molecule has 0 radical (unpaired) electrons. The quantitative estimate of drug-likeness (QED) is 0.330. The summed E-state index contributed by atoms with van der Waals surface area (Å²) in [5.74, 6) is 1.99. The second-order valence-electron chi connectivity index (χ2n) is 7.42. The van der Waals surface area contributed by atoms with Crippen LogP contribution in [-0.2, 0) is 11.3 Å². The van der Waals surface area contributed by atoms with Gasteiger partial charge < -0.3 is 24.3 Å². The van der Waals surface area contributed by atoms with Crippen LogP contribution in [0.25, 0.3) is 16.2 Å². The van der Waals surface area contributed by atoms with Crippen LogP contribution in [0.3, 0.4) is 0 Å². The second-order valence-corrected chi connectivity index (χ2v) is 8.39. The zero-order valence-corrected chi connectivity index (χ0v) is 20.6. The third kappa shape index (κ3) is 4.26. The molecule has 2 heterocycles. The molecule has 4 aromatic rings. The lowest BCUT2D eigenvalue weighted by molar-refractivity contribution is 0.0531. The Labute approximate surface area is 202 Å². The second kappa shape index (κ2) is 10.0. The van der Waals surface area contributed by atoms with Crippen LogP contribution in [0.15, 0.2) is 42.5 Å². The summed E-state index contributed by atoms with van der Waals surface area (Å²) in [6.07, 6.45) is 0. The number of hydrogen-bond acceptors (Lipinski definition) is 8. The normalized spacial score (nSPS) is 10.9. The fraction of sp³-hybridized carbons (Fsp3) is 0.280. The molecule has 0 amide bonds. The summed E-state index contributed by atoms with van der Waals surface area (Å²) >= 11 is 1.30. The molecule has 0 spiro atoms. The number of rotatable bonds is 9. The van der Waals surface area contributed by atoms with Gasteiger partial charge in [0.15, 0.2) is 16.5 Å². The molecule has 0 aliphatic rings. The van der Waals surface area contributed by atoms with E-state index in [1.165, 1.54) is 11.3 Å². The van der Waals surface area contributed by atoms with Crippen LogP contribution >= 0.6 is 11.3 Å². The van der Waals surface area contributed by atoms with Gasteiger partial charge in [-0.25, -0.2) is 9.78 Å². The molecule has 34 heavy (non-hydrogen) atoms. The first kappa shape index (κ1) is 23.4. The van der Waals surface area contributed by atoms with Crippen LogP contribution in [0.4, 0.5) is 5.82 Å². The number of anilines is 1. The van der Waals surface area contributed by atoms with Gasteiger partial charge in [-0.3, -0.25) is 4.40 Å². The molecule has 0 atom stereocenters. The molecule has 2 aromatic heterocycles. The zero-order valence-electron chi connectivity index (χ0n) is 19.8. The van der Waals surface area contributed by atoms with Crippen molar-refractivity contribution >= 4 is 28.1 Å². The van der Waals surface area contributed by atoms with Crippen molar-refractivity contribution in [2.45, 2.75) is 20.4 Å². The van der Waals surface area contributed by atoms with Gasteiger partial charge in [-0.1, -0.05) is 41.7 Å². The lowest BCUT2D eigenvalue weighted by Crippen LogP contribution is -2.07. The number of esters is 1. The number of benzene rings is 2.